The first-order chi connectivity index (χ1) is 7.64. The van der Waals surface area contributed by atoms with Crippen molar-refractivity contribution in [3.63, 3.8) is 0 Å². The number of nitrogens with zero attached hydrogens (tertiary/aromatic N) is 1. The Kier molecular flexibility index (Phi) is 5.77. The number of hydrogen-bond donors (Lipinski definition) is 1. The van der Waals surface area contributed by atoms with Crippen LogP contribution in [0.5, 0.6) is 0 Å². The molecule has 0 amide bonds. The van der Waals surface area contributed by atoms with Crippen LogP contribution in [0.3, 0.4) is 0 Å². The smallest absolute Gasteiger partial charge is 0.0331 e. The lowest BCUT2D eigenvalue weighted by molar-refractivity contribution is 0.0714. The maximum Gasteiger partial charge on any atom is 0.0331 e. The third-order valence-corrected chi connectivity index (χ3v) is 4.05. The second kappa shape index (κ2) is 6.61. The van der Waals surface area contributed by atoms with Crippen molar-refractivity contribution in [3.8, 4) is 0 Å². The van der Waals surface area contributed by atoms with E-state index in [-0.39, 0.29) is 0 Å². The molecule has 0 aromatic carbocycles. The Morgan fingerprint density at radius 3 is 2.06 bits per heavy atom. The molecule has 0 aliphatic heterocycles. The fourth-order valence-corrected chi connectivity index (χ4v) is 3.14. The lowest BCUT2D eigenvalue weighted by Gasteiger charge is -2.43. The summed E-state index contributed by atoms with van der Waals surface area (Å²) >= 11 is 0. The van der Waals surface area contributed by atoms with Gasteiger partial charge in [0.1, 0.15) is 0 Å². The molecule has 0 spiro atoms. The first-order valence-corrected chi connectivity index (χ1v) is 7.10. The van der Waals surface area contributed by atoms with Gasteiger partial charge in [-0.05, 0) is 25.3 Å². The molecule has 0 heterocycles. The Morgan fingerprint density at radius 2 is 1.69 bits per heavy atom. The summed E-state index contributed by atoms with van der Waals surface area (Å²) in [7, 11) is 0. The molecule has 1 saturated carbocycles. The van der Waals surface area contributed by atoms with Crippen molar-refractivity contribution in [3.05, 3.63) is 0 Å². The molecular formula is C14H30N2. The zero-order valence-electron chi connectivity index (χ0n) is 11.5. The largest absolute Gasteiger partial charge is 0.329 e. The van der Waals surface area contributed by atoms with Gasteiger partial charge in [-0.15, -0.1) is 0 Å². The van der Waals surface area contributed by atoms with Crippen LogP contribution >= 0.6 is 0 Å². The predicted octanol–water partition coefficient (Wildman–Crippen LogP) is 3.02. The molecule has 2 heteroatoms. The molecule has 1 fully saturated rings. The van der Waals surface area contributed by atoms with Gasteiger partial charge in [-0.2, -0.15) is 0 Å². The topological polar surface area (TPSA) is 29.3 Å². The highest BCUT2D eigenvalue weighted by Crippen LogP contribution is 2.32. The normalized spacial score (nSPS) is 21.4. The molecule has 0 atom stereocenters. The molecule has 96 valence electrons. The highest BCUT2D eigenvalue weighted by Gasteiger charge is 2.34. The predicted molar refractivity (Wildman–Crippen MR) is 71.6 cm³/mol. The zero-order valence-corrected chi connectivity index (χ0v) is 11.5. The van der Waals surface area contributed by atoms with Gasteiger partial charge in [0, 0.05) is 18.6 Å². The van der Waals surface area contributed by atoms with E-state index < -0.39 is 0 Å². The Labute approximate surface area is 102 Å². The second-order valence-corrected chi connectivity index (χ2v) is 5.78. The molecule has 0 aromatic rings. The minimum atomic E-state index is 0.315. The maximum absolute atomic E-state index is 6.12. The zero-order chi connectivity index (χ0) is 12.0. The van der Waals surface area contributed by atoms with Crippen LogP contribution in [0.15, 0.2) is 0 Å². The van der Waals surface area contributed by atoms with Crippen LogP contribution in [0, 0.1) is 5.92 Å². The number of rotatable bonds is 5. The highest BCUT2D eigenvalue weighted by atomic mass is 15.2. The molecule has 1 rings (SSSR count). The maximum atomic E-state index is 6.12. The van der Waals surface area contributed by atoms with Gasteiger partial charge in [-0.25, -0.2) is 0 Å². The average molecular weight is 226 g/mol. The monoisotopic (exact) mass is 226 g/mol. The molecule has 0 aromatic heterocycles. The molecule has 1 aliphatic rings. The lowest BCUT2D eigenvalue weighted by Crippen LogP contribution is -2.54. The summed E-state index contributed by atoms with van der Waals surface area (Å²) in [5.41, 5.74) is 6.43. The lowest BCUT2D eigenvalue weighted by atomic mass is 9.87. The summed E-state index contributed by atoms with van der Waals surface area (Å²) in [5, 5.41) is 0. The van der Waals surface area contributed by atoms with Crippen LogP contribution < -0.4 is 5.73 Å². The molecule has 2 N–H and O–H groups in total. The van der Waals surface area contributed by atoms with Crippen LogP contribution in [0.25, 0.3) is 0 Å². The van der Waals surface area contributed by atoms with Gasteiger partial charge >= 0.3 is 0 Å². The van der Waals surface area contributed by atoms with Crippen LogP contribution in [0.1, 0.15) is 59.3 Å². The van der Waals surface area contributed by atoms with Crippen molar-refractivity contribution in [2.45, 2.75) is 64.8 Å². The molecule has 2 nitrogen and oxygen atoms in total. The van der Waals surface area contributed by atoms with E-state index in [1.165, 1.54) is 45.1 Å². The summed E-state index contributed by atoms with van der Waals surface area (Å²) in [5.74, 6) is 0.742. The first kappa shape index (κ1) is 14.0. The summed E-state index contributed by atoms with van der Waals surface area (Å²) in [6.45, 7) is 10.1. The Morgan fingerprint density at radius 1 is 1.12 bits per heavy atom. The summed E-state index contributed by atoms with van der Waals surface area (Å²) in [4.78, 5) is 2.66. The number of likely N-dealkylation sites (N-methyl/N-ethyl adjacent to an activating group) is 1. The van der Waals surface area contributed by atoms with Crippen molar-refractivity contribution < 1.29 is 0 Å². The van der Waals surface area contributed by atoms with Gasteiger partial charge < -0.3 is 5.73 Å². The molecule has 0 saturated heterocycles. The van der Waals surface area contributed by atoms with Crippen LogP contribution in [0.2, 0.25) is 0 Å². The van der Waals surface area contributed by atoms with Crippen LogP contribution in [-0.4, -0.2) is 30.1 Å². The molecule has 0 bridgehead atoms. The minimum Gasteiger partial charge on any atom is -0.329 e. The highest BCUT2D eigenvalue weighted by molar-refractivity contribution is 4.93. The minimum absolute atomic E-state index is 0.315. The molecule has 0 radical (unpaired) electrons. The van der Waals surface area contributed by atoms with Gasteiger partial charge in [0.2, 0.25) is 0 Å². The average Bonchev–Trinajstić information content (AvgIpc) is 2.51. The van der Waals surface area contributed by atoms with Crippen molar-refractivity contribution >= 4 is 0 Å². The van der Waals surface area contributed by atoms with Crippen LogP contribution in [-0.2, 0) is 0 Å². The fourth-order valence-electron chi connectivity index (χ4n) is 3.14. The first-order valence-electron chi connectivity index (χ1n) is 7.10. The van der Waals surface area contributed by atoms with Crippen molar-refractivity contribution in [1.82, 2.24) is 4.90 Å². The van der Waals surface area contributed by atoms with E-state index in [1.807, 2.05) is 0 Å². The number of hydrogen-bond acceptors (Lipinski definition) is 2. The van der Waals surface area contributed by atoms with E-state index >= 15 is 0 Å². The third-order valence-electron chi connectivity index (χ3n) is 4.05. The van der Waals surface area contributed by atoms with Gasteiger partial charge in [-0.1, -0.05) is 46.5 Å². The third kappa shape index (κ3) is 3.46. The standard InChI is InChI=1S/C14H30N2/c1-4-16(11-13(2)3)14(12-15)9-7-5-6-8-10-14/h13H,4-12,15H2,1-3H3. The van der Waals surface area contributed by atoms with Gasteiger partial charge in [-0.3, -0.25) is 4.90 Å². The summed E-state index contributed by atoms with van der Waals surface area (Å²) in [6, 6.07) is 0. The Balaban J connectivity index is 2.72. The van der Waals surface area contributed by atoms with Crippen molar-refractivity contribution in [1.29, 1.82) is 0 Å². The fraction of sp³-hybridized carbons (Fsp3) is 1.00. The quantitative estimate of drug-likeness (QED) is 0.730. The summed E-state index contributed by atoms with van der Waals surface area (Å²) in [6.07, 6.45) is 8.16. The van der Waals surface area contributed by atoms with Crippen LogP contribution in [0.4, 0.5) is 0 Å². The van der Waals surface area contributed by atoms with Gasteiger partial charge in [0.05, 0.1) is 0 Å². The van der Waals surface area contributed by atoms with E-state index in [0.717, 1.165) is 19.0 Å². The van der Waals surface area contributed by atoms with Gasteiger partial charge in [0.15, 0.2) is 0 Å². The van der Waals surface area contributed by atoms with Crippen molar-refractivity contribution in [2.24, 2.45) is 11.7 Å². The Bertz CT molecular complexity index is 181. The Hall–Kier alpha value is -0.0800. The van der Waals surface area contributed by atoms with Crippen molar-refractivity contribution in [2.75, 3.05) is 19.6 Å². The molecule has 0 unspecified atom stereocenters. The molecule has 1 aliphatic carbocycles. The van der Waals surface area contributed by atoms with Gasteiger partial charge in [0.25, 0.3) is 0 Å². The number of nitrogens with two attached hydrogens (primary N) is 1. The van der Waals surface area contributed by atoms with E-state index in [2.05, 4.69) is 25.7 Å². The SMILES string of the molecule is CCN(CC(C)C)C1(CN)CCCCCC1. The van der Waals surface area contributed by atoms with E-state index in [4.69, 9.17) is 5.73 Å². The second-order valence-electron chi connectivity index (χ2n) is 5.78. The molecule has 16 heavy (non-hydrogen) atoms. The van der Waals surface area contributed by atoms with E-state index in [0.29, 0.717) is 5.54 Å². The summed E-state index contributed by atoms with van der Waals surface area (Å²) < 4.78 is 0. The van der Waals surface area contributed by atoms with E-state index in [1.54, 1.807) is 0 Å². The van der Waals surface area contributed by atoms with E-state index in [9.17, 15) is 0 Å². The molecular weight excluding hydrogens is 196 g/mol.